The Morgan fingerprint density at radius 3 is 2.88 bits per heavy atom. The van der Waals surface area contributed by atoms with E-state index in [1.54, 1.807) is 0 Å². The Morgan fingerprint density at radius 1 is 1.44 bits per heavy atom. The second-order valence-corrected chi connectivity index (χ2v) is 6.85. The lowest BCUT2D eigenvalue weighted by Gasteiger charge is -2.27. The molecule has 0 saturated carbocycles. The van der Waals surface area contributed by atoms with Crippen molar-refractivity contribution in [3.63, 3.8) is 0 Å². The number of ether oxygens (including phenoxy) is 1. The summed E-state index contributed by atoms with van der Waals surface area (Å²) in [6.45, 7) is 7.66. The smallest absolute Gasteiger partial charge is 0.122 e. The number of hydrogen-bond donors (Lipinski definition) is 0. The van der Waals surface area contributed by atoms with Gasteiger partial charge in [-0.2, -0.15) is 0 Å². The highest BCUT2D eigenvalue weighted by atomic mass is 79.9. The molecule has 0 aromatic heterocycles. The lowest BCUT2D eigenvalue weighted by atomic mass is 9.80. The van der Waals surface area contributed by atoms with E-state index in [1.807, 2.05) is 0 Å². The molecular formula is C14H19BrO. The zero-order valence-electron chi connectivity index (χ0n) is 10.2. The standard InChI is InChI=1S/C14H19BrO/c1-10(15)9-14(2,3)12-4-5-13-11(8-12)6-7-16-13/h4-5,8,10H,6-7,9H2,1-3H3. The van der Waals surface area contributed by atoms with E-state index in [0.717, 1.165) is 25.2 Å². The maximum Gasteiger partial charge on any atom is 0.122 e. The summed E-state index contributed by atoms with van der Waals surface area (Å²) >= 11 is 3.65. The Labute approximate surface area is 106 Å². The van der Waals surface area contributed by atoms with Crippen molar-refractivity contribution in [3.8, 4) is 5.75 Å². The highest BCUT2D eigenvalue weighted by Gasteiger charge is 2.24. The molecule has 0 N–H and O–H groups in total. The first-order chi connectivity index (χ1) is 7.49. The van der Waals surface area contributed by atoms with E-state index in [0.29, 0.717) is 4.83 Å². The lowest BCUT2D eigenvalue weighted by Crippen LogP contribution is -2.20. The molecule has 88 valence electrons. The molecule has 0 amide bonds. The van der Waals surface area contributed by atoms with Gasteiger partial charge in [0.2, 0.25) is 0 Å². The summed E-state index contributed by atoms with van der Waals surface area (Å²) in [6, 6.07) is 6.65. The number of halogens is 1. The molecule has 2 heteroatoms. The largest absolute Gasteiger partial charge is 0.493 e. The summed E-state index contributed by atoms with van der Waals surface area (Å²) in [7, 11) is 0. The third-order valence-electron chi connectivity index (χ3n) is 3.26. The molecule has 0 aliphatic carbocycles. The minimum Gasteiger partial charge on any atom is -0.493 e. The number of fused-ring (bicyclic) bond motifs is 1. The van der Waals surface area contributed by atoms with Crippen molar-refractivity contribution in [2.45, 2.75) is 43.9 Å². The first-order valence-electron chi connectivity index (χ1n) is 5.89. The van der Waals surface area contributed by atoms with E-state index in [9.17, 15) is 0 Å². The Balaban J connectivity index is 2.26. The normalized spacial score (nSPS) is 16.8. The van der Waals surface area contributed by atoms with Crippen LogP contribution in [0.2, 0.25) is 0 Å². The molecule has 1 aliphatic heterocycles. The average molecular weight is 283 g/mol. The molecule has 1 nitrogen and oxygen atoms in total. The Morgan fingerprint density at radius 2 is 2.19 bits per heavy atom. The van der Waals surface area contributed by atoms with Crippen molar-refractivity contribution in [2.75, 3.05) is 6.61 Å². The van der Waals surface area contributed by atoms with E-state index in [4.69, 9.17) is 4.74 Å². The van der Waals surface area contributed by atoms with E-state index in [-0.39, 0.29) is 5.41 Å². The maximum absolute atomic E-state index is 5.54. The summed E-state index contributed by atoms with van der Waals surface area (Å²) in [5.74, 6) is 1.08. The molecule has 0 bridgehead atoms. The van der Waals surface area contributed by atoms with Crippen LogP contribution in [-0.2, 0) is 11.8 Å². The monoisotopic (exact) mass is 282 g/mol. The summed E-state index contributed by atoms with van der Waals surface area (Å²) in [6.07, 6.45) is 2.20. The van der Waals surface area contributed by atoms with Crippen molar-refractivity contribution in [3.05, 3.63) is 29.3 Å². The Bertz CT molecular complexity index is 382. The molecule has 1 aliphatic rings. The van der Waals surface area contributed by atoms with E-state index in [2.05, 4.69) is 54.9 Å². The summed E-state index contributed by atoms with van der Waals surface area (Å²) in [5.41, 5.74) is 3.01. The van der Waals surface area contributed by atoms with Gasteiger partial charge in [0.15, 0.2) is 0 Å². The lowest BCUT2D eigenvalue weighted by molar-refractivity contribution is 0.356. The van der Waals surface area contributed by atoms with Gasteiger partial charge in [0, 0.05) is 11.2 Å². The first kappa shape index (κ1) is 12.0. The van der Waals surface area contributed by atoms with Gasteiger partial charge in [-0.1, -0.05) is 48.8 Å². The molecule has 0 spiro atoms. The summed E-state index contributed by atoms with van der Waals surface area (Å²) in [4.78, 5) is 0.548. The molecular weight excluding hydrogens is 264 g/mol. The van der Waals surface area contributed by atoms with Crippen LogP contribution in [0.1, 0.15) is 38.3 Å². The van der Waals surface area contributed by atoms with E-state index >= 15 is 0 Å². The Hall–Kier alpha value is -0.500. The molecule has 1 aromatic rings. The van der Waals surface area contributed by atoms with Crippen LogP contribution in [0.15, 0.2) is 18.2 Å². The quantitative estimate of drug-likeness (QED) is 0.760. The molecule has 1 atom stereocenters. The van der Waals surface area contributed by atoms with Crippen LogP contribution in [0.5, 0.6) is 5.75 Å². The van der Waals surface area contributed by atoms with Crippen LogP contribution in [0.4, 0.5) is 0 Å². The predicted octanol–water partition coefficient (Wildman–Crippen LogP) is 4.07. The number of benzene rings is 1. The van der Waals surface area contributed by atoms with Crippen LogP contribution in [0.3, 0.4) is 0 Å². The highest BCUT2D eigenvalue weighted by molar-refractivity contribution is 9.09. The molecule has 1 unspecified atom stereocenters. The maximum atomic E-state index is 5.54. The second-order valence-electron chi connectivity index (χ2n) is 5.29. The zero-order valence-corrected chi connectivity index (χ0v) is 11.8. The van der Waals surface area contributed by atoms with Gasteiger partial charge in [0.25, 0.3) is 0 Å². The molecule has 0 saturated heterocycles. The Kier molecular flexibility index (Phi) is 3.29. The highest BCUT2D eigenvalue weighted by Crippen LogP contribution is 2.34. The van der Waals surface area contributed by atoms with Gasteiger partial charge in [-0.25, -0.2) is 0 Å². The van der Waals surface area contributed by atoms with Crippen molar-refractivity contribution in [1.82, 2.24) is 0 Å². The van der Waals surface area contributed by atoms with E-state index < -0.39 is 0 Å². The number of rotatable bonds is 3. The van der Waals surface area contributed by atoms with Gasteiger partial charge in [-0.15, -0.1) is 0 Å². The van der Waals surface area contributed by atoms with Crippen molar-refractivity contribution in [2.24, 2.45) is 0 Å². The zero-order chi connectivity index (χ0) is 11.8. The fourth-order valence-electron chi connectivity index (χ4n) is 2.43. The van der Waals surface area contributed by atoms with Crippen LogP contribution in [-0.4, -0.2) is 11.4 Å². The molecule has 1 aromatic carbocycles. The van der Waals surface area contributed by atoms with Crippen molar-refractivity contribution >= 4 is 15.9 Å². The van der Waals surface area contributed by atoms with Crippen molar-refractivity contribution < 1.29 is 4.74 Å². The van der Waals surface area contributed by atoms with Gasteiger partial charge in [0.1, 0.15) is 5.75 Å². The van der Waals surface area contributed by atoms with Gasteiger partial charge in [-0.3, -0.25) is 0 Å². The first-order valence-corrected chi connectivity index (χ1v) is 6.81. The van der Waals surface area contributed by atoms with Crippen LogP contribution in [0.25, 0.3) is 0 Å². The van der Waals surface area contributed by atoms with Gasteiger partial charge in [-0.05, 0) is 29.0 Å². The average Bonchev–Trinajstić information content (AvgIpc) is 2.61. The number of hydrogen-bond acceptors (Lipinski definition) is 1. The SMILES string of the molecule is CC(Br)CC(C)(C)c1ccc2c(c1)CCO2. The minimum atomic E-state index is 0.223. The second kappa shape index (κ2) is 4.40. The van der Waals surface area contributed by atoms with Crippen LogP contribution >= 0.6 is 15.9 Å². The molecule has 16 heavy (non-hydrogen) atoms. The fourth-order valence-corrected chi connectivity index (χ4v) is 3.24. The topological polar surface area (TPSA) is 9.23 Å². The molecule has 0 radical (unpaired) electrons. The van der Waals surface area contributed by atoms with Gasteiger partial charge < -0.3 is 4.74 Å². The van der Waals surface area contributed by atoms with Crippen LogP contribution in [0, 0.1) is 0 Å². The fraction of sp³-hybridized carbons (Fsp3) is 0.571. The van der Waals surface area contributed by atoms with Gasteiger partial charge in [0.05, 0.1) is 6.61 Å². The third-order valence-corrected chi connectivity index (χ3v) is 3.59. The van der Waals surface area contributed by atoms with Crippen molar-refractivity contribution in [1.29, 1.82) is 0 Å². The minimum absolute atomic E-state index is 0.223. The molecule has 0 fully saturated rings. The molecule has 1 heterocycles. The summed E-state index contributed by atoms with van der Waals surface area (Å²) < 4.78 is 5.54. The number of alkyl halides is 1. The molecule has 2 rings (SSSR count). The van der Waals surface area contributed by atoms with Crippen LogP contribution < -0.4 is 4.74 Å². The third kappa shape index (κ3) is 2.42. The van der Waals surface area contributed by atoms with E-state index in [1.165, 1.54) is 11.1 Å². The predicted molar refractivity (Wildman–Crippen MR) is 71.7 cm³/mol. The summed E-state index contributed by atoms with van der Waals surface area (Å²) in [5, 5.41) is 0. The van der Waals surface area contributed by atoms with Gasteiger partial charge >= 0.3 is 0 Å².